The number of aliphatic hydroxyl groups is 1. The first-order valence-electron chi connectivity index (χ1n) is 13.0. The van der Waals surface area contributed by atoms with Crippen LogP contribution in [-0.4, -0.2) is 59.4 Å². The molecular weight excluding hydrogens is 469 g/mol. The molecule has 2 N–H and O–H groups in total. The Morgan fingerprint density at radius 2 is 1.54 bits per heavy atom. The lowest BCUT2D eigenvalue weighted by Gasteiger charge is -2.37. The van der Waals surface area contributed by atoms with Crippen molar-refractivity contribution in [2.75, 3.05) is 36.0 Å². The number of fused-ring (bicyclic) bond motifs is 1. The number of piperidine rings is 1. The summed E-state index contributed by atoms with van der Waals surface area (Å²) in [5, 5.41) is 14.4. The molecule has 0 saturated carbocycles. The normalized spacial score (nSPS) is 21.1. The van der Waals surface area contributed by atoms with Gasteiger partial charge in [-0.25, -0.2) is 14.4 Å². The number of furan rings is 1. The van der Waals surface area contributed by atoms with Gasteiger partial charge in [0.2, 0.25) is 5.71 Å². The van der Waals surface area contributed by atoms with Crippen LogP contribution in [0.1, 0.15) is 26.7 Å². The maximum absolute atomic E-state index is 13.9. The van der Waals surface area contributed by atoms with Crippen LogP contribution < -0.4 is 15.1 Å². The number of anilines is 2. The predicted octanol–water partition coefficient (Wildman–Crippen LogP) is 4.84. The van der Waals surface area contributed by atoms with E-state index in [1.807, 2.05) is 0 Å². The summed E-state index contributed by atoms with van der Waals surface area (Å²) >= 11 is 0. The number of aromatic nitrogens is 2. The molecule has 2 aromatic heterocycles. The first kappa shape index (κ1) is 23.9. The number of hydrogen-bond donors (Lipinski definition) is 2. The second-order valence-corrected chi connectivity index (χ2v) is 10.3. The summed E-state index contributed by atoms with van der Waals surface area (Å²) < 4.78 is 20.3. The minimum atomic E-state index is -0.288. The van der Waals surface area contributed by atoms with Crippen LogP contribution in [0.5, 0.6) is 0 Å². The van der Waals surface area contributed by atoms with Gasteiger partial charge >= 0.3 is 0 Å². The molecule has 2 unspecified atom stereocenters. The van der Waals surface area contributed by atoms with Crippen LogP contribution in [0.3, 0.4) is 0 Å². The lowest BCUT2D eigenvalue weighted by molar-refractivity contribution is 0.145. The van der Waals surface area contributed by atoms with Crippen LogP contribution in [0.2, 0.25) is 0 Å². The van der Waals surface area contributed by atoms with Crippen molar-refractivity contribution >= 4 is 22.6 Å². The van der Waals surface area contributed by atoms with Crippen LogP contribution in [0.15, 0.2) is 59.3 Å². The number of nitrogens with zero attached hydrogens (tertiary/aromatic N) is 4. The summed E-state index contributed by atoms with van der Waals surface area (Å²) in [6.07, 6.45) is 2.62. The molecule has 2 aliphatic heterocycles. The zero-order chi connectivity index (χ0) is 25.5. The van der Waals surface area contributed by atoms with Crippen LogP contribution in [0.25, 0.3) is 33.6 Å². The van der Waals surface area contributed by atoms with Crippen molar-refractivity contribution in [1.29, 1.82) is 0 Å². The molecule has 8 heteroatoms. The van der Waals surface area contributed by atoms with E-state index in [4.69, 9.17) is 4.42 Å². The predicted molar refractivity (Wildman–Crippen MR) is 144 cm³/mol. The molecule has 6 rings (SSSR count). The SMILES string of the molecule is CC1CN(c2ccc(-c3oc4ncnc(N5CCC(O)CC5)c4c3-c3ccc(F)cc3)cc2)CC(C)N1. The van der Waals surface area contributed by atoms with Gasteiger partial charge in [0.1, 0.15) is 23.7 Å². The summed E-state index contributed by atoms with van der Waals surface area (Å²) in [7, 11) is 0. The Hall–Kier alpha value is -3.49. The monoisotopic (exact) mass is 501 g/mol. The van der Waals surface area contributed by atoms with Crippen LogP contribution in [0.4, 0.5) is 15.9 Å². The highest BCUT2D eigenvalue weighted by Crippen LogP contribution is 2.44. The van der Waals surface area contributed by atoms with Gasteiger partial charge in [-0.05, 0) is 68.7 Å². The highest BCUT2D eigenvalue weighted by Gasteiger charge is 2.27. The van der Waals surface area contributed by atoms with Crippen molar-refractivity contribution in [3.8, 4) is 22.5 Å². The molecule has 2 aromatic carbocycles. The molecule has 2 fully saturated rings. The van der Waals surface area contributed by atoms with E-state index in [0.717, 1.165) is 41.0 Å². The van der Waals surface area contributed by atoms with Crippen molar-refractivity contribution in [2.45, 2.75) is 44.9 Å². The Labute approximate surface area is 215 Å². The Balaban J connectivity index is 1.45. The van der Waals surface area contributed by atoms with E-state index in [9.17, 15) is 9.50 Å². The minimum Gasteiger partial charge on any atom is -0.437 e. The molecule has 0 amide bonds. The first-order valence-corrected chi connectivity index (χ1v) is 13.0. The summed E-state index contributed by atoms with van der Waals surface area (Å²) in [6, 6.07) is 15.8. The Bertz CT molecular complexity index is 1370. The zero-order valence-corrected chi connectivity index (χ0v) is 21.2. The number of piperazine rings is 1. The fraction of sp³-hybridized carbons (Fsp3) is 0.379. The molecule has 0 radical (unpaired) electrons. The molecule has 2 atom stereocenters. The van der Waals surface area contributed by atoms with Crippen molar-refractivity contribution in [3.05, 3.63) is 60.7 Å². The third-order valence-electron chi connectivity index (χ3n) is 7.42. The molecule has 37 heavy (non-hydrogen) atoms. The summed E-state index contributed by atoms with van der Waals surface area (Å²) in [5.41, 5.74) is 4.30. The van der Waals surface area contributed by atoms with Gasteiger partial charge in [-0.3, -0.25) is 0 Å². The maximum atomic E-state index is 13.9. The van der Waals surface area contributed by atoms with Gasteiger partial charge in [-0.15, -0.1) is 0 Å². The molecule has 0 spiro atoms. The molecule has 2 saturated heterocycles. The zero-order valence-electron chi connectivity index (χ0n) is 21.2. The van der Waals surface area contributed by atoms with Gasteiger partial charge in [0.05, 0.1) is 11.5 Å². The van der Waals surface area contributed by atoms with Gasteiger partial charge in [0.25, 0.3) is 0 Å². The molecule has 4 heterocycles. The molecule has 192 valence electrons. The topological polar surface area (TPSA) is 77.7 Å². The van der Waals surface area contributed by atoms with Crippen molar-refractivity contribution in [2.24, 2.45) is 0 Å². The van der Waals surface area contributed by atoms with E-state index in [-0.39, 0.29) is 11.9 Å². The summed E-state index contributed by atoms with van der Waals surface area (Å²) in [4.78, 5) is 13.7. The van der Waals surface area contributed by atoms with Crippen molar-refractivity contribution in [1.82, 2.24) is 15.3 Å². The third-order valence-corrected chi connectivity index (χ3v) is 7.42. The van der Waals surface area contributed by atoms with E-state index in [2.05, 4.69) is 63.2 Å². The largest absolute Gasteiger partial charge is 0.437 e. The van der Waals surface area contributed by atoms with Gasteiger partial charge in [-0.2, -0.15) is 0 Å². The number of rotatable bonds is 4. The maximum Gasteiger partial charge on any atom is 0.232 e. The second-order valence-electron chi connectivity index (χ2n) is 10.3. The fourth-order valence-electron chi connectivity index (χ4n) is 5.69. The number of nitrogens with one attached hydrogen (secondary N) is 1. The Morgan fingerprint density at radius 1 is 0.892 bits per heavy atom. The summed E-state index contributed by atoms with van der Waals surface area (Å²) in [6.45, 7) is 7.74. The lowest BCUT2D eigenvalue weighted by atomic mass is 9.98. The highest BCUT2D eigenvalue weighted by atomic mass is 19.1. The van der Waals surface area contributed by atoms with E-state index < -0.39 is 0 Å². The van der Waals surface area contributed by atoms with E-state index >= 15 is 0 Å². The quantitative estimate of drug-likeness (QED) is 0.414. The summed E-state index contributed by atoms with van der Waals surface area (Å²) in [5.74, 6) is 1.18. The minimum absolute atomic E-state index is 0.287. The molecular formula is C29H32FN5O2. The standard InChI is InChI=1S/C29H32FN5O2/c1-18-15-35(16-19(2)33-18)23-9-5-21(6-10-23)27-25(20-3-7-22(30)8-4-20)26-28(31-17-32-29(26)37-27)34-13-11-24(36)12-14-34/h3-10,17-19,24,33,36H,11-16H2,1-2H3. The average molecular weight is 502 g/mol. The van der Waals surface area contributed by atoms with Gasteiger partial charge in [-0.1, -0.05) is 12.1 Å². The van der Waals surface area contributed by atoms with Crippen LogP contribution in [0, 0.1) is 5.82 Å². The molecule has 2 aliphatic rings. The molecule has 0 aliphatic carbocycles. The van der Waals surface area contributed by atoms with E-state index in [0.29, 0.717) is 49.5 Å². The molecule has 7 nitrogen and oxygen atoms in total. The third kappa shape index (κ3) is 4.67. The average Bonchev–Trinajstić information content (AvgIpc) is 3.29. The number of benzene rings is 2. The van der Waals surface area contributed by atoms with E-state index in [1.165, 1.54) is 24.1 Å². The Morgan fingerprint density at radius 3 is 2.22 bits per heavy atom. The number of halogens is 1. The van der Waals surface area contributed by atoms with Crippen molar-refractivity contribution < 1.29 is 13.9 Å². The van der Waals surface area contributed by atoms with Gasteiger partial charge in [0.15, 0.2) is 0 Å². The smallest absolute Gasteiger partial charge is 0.232 e. The van der Waals surface area contributed by atoms with E-state index in [1.54, 1.807) is 12.1 Å². The van der Waals surface area contributed by atoms with Gasteiger partial charge < -0.3 is 24.6 Å². The van der Waals surface area contributed by atoms with Crippen molar-refractivity contribution in [3.63, 3.8) is 0 Å². The fourth-order valence-corrected chi connectivity index (χ4v) is 5.69. The number of aliphatic hydroxyl groups excluding tert-OH is 1. The van der Waals surface area contributed by atoms with Gasteiger partial charge in [0, 0.05) is 55.1 Å². The van der Waals surface area contributed by atoms with Crippen LogP contribution >= 0.6 is 0 Å². The highest BCUT2D eigenvalue weighted by molar-refractivity contribution is 6.06. The molecule has 0 bridgehead atoms. The number of hydrogen-bond acceptors (Lipinski definition) is 7. The van der Waals surface area contributed by atoms with Crippen LogP contribution in [-0.2, 0) is 0 Å². The second kappa shape index (κ2) is 9.76. The molecule has 4 aromatic rings. The first-order chi connectivity index (χ1) is 18.0. The lowest BCUT2D eigenvalue weighted by Crippen LogP contribution is -2.54. The Kier molecular flexibility index (Phi) is 6.30.